The van der Waals surface area contributed by atoms with Crippen LogP contribution in [0, 0.1) is 0 Å². The molecule has 1 unspecified atom stereocenters. The van der Waals surface area contributed by atoms with Gasteiger partial charge in [0.2, 0.25) is 0 Å². The Kier molecular flexibility index (Phi) is 3.85. The number of carbonyl (C=O) groups excluding carboxylic acids is 1. The first kappa shape index (κ1) is 15.3. The standard InChI is InChI=1S/C19H16N2O4/c22-18(20-11-13-10-12-4-1-2-5-16(12)25-13)14-7-8-15(21-19(14)23)17-6-3-9-24-17/h1-9,13H,10-11H2,(H,20,22)(H,21,23). The first-order chi connectivity index (χ1) is 12.2. The van der Waals surface area contributed by atoms with Crippen molar-refractivity contribution in [3.05, 3.63) is 76.3 Å². The molecule has 6 heteroatoms. The maximum Gasteiger partial charge on any atom is 0.261 e. The maximum absolute atomic E-state index is 12.3. The number of pyridine rings is 1. The topological polar surface area (TPSA) is 84.3 Å². The van der Waals surface area contributed by atoms with Crippen molar-refractivity contribution in [2.75, 3.05) is 6.54 Å². The SMILES string of the molecule is O=C(NCC1Cc2ccccc2O1)c1ccc(-c2ccco2)[nH]c1=O. The van der Waals surface area contributed by atoms with E-state index in [0.29, 0.717) is 18.0 Å². The van der Waals surface area contributed by atoms with Crippen molar-refractivity contribution in [2.24, 2.45) is 0 Å². The van der Waals surface area contributed by atoms with E-state index in [0.717, 1.165) is 17.7 Å². The van der Waals surface area contributed by atoms with E-state index in [-0.39, 0.29) is 11.7 Å². The van der Waals surface area contributed by atoms with Crippen LogP contribution in [-0.4, -0.2) is 23.5 Å². The van der Waals surface area contributed by atoms with Crippen LogP contribution >= 0.6 is 0 Å². The van der Waals surface area contributed by atoms with E-state index in [1.165, 1.54) is 12.3 Å². The predicted octanol–water partition coefficient (Wildman–Crippen LogP) is 2.37. The zero-order chi connectivity index (χ0) is 17.2. The molecule has 0 bridgehead atoms. The number of ether oxygens (including phenoxy) is 1. The number of hydrogen-bond acceptors (Lipinski definition) is 4. The van der Waals surface area contributed by atoms with Crippen LogP contribution in [0.3, 0.4) is 0 Å². The molecule has 0 spiro atoms. The number of furan rings is 1. The van der Waals surface area contributed by atoms with Crippen molar-refractivity contribution < 1.29 is 13.9 Å². The van der Waals surface area contributed by atoms with E-state index in [4.69, 9.17) is 9.15 Å². The molecule has 1 atom stereocenters. The molecule has 0 saturated heterocycles. The Morgan fingerprint density at radius 3 is 2.80 bits per heavy atom. The average Bonchev–Trinajstić information content (AvgIpc) is 3.28. The van der Waals surface area contributed by atoms with Crippen LogP contribution < -0.4 is 15.6 Å². The molecule has 2 N–H and O–H groups in total. The fourth-order valence-electron chi connectivity index (χ4n) is 2.90. The van der Waals surface area contributed by atoms with Gasteiger partial charge in [-0.25, -0.2) is 0 Å². The summed E-state index contributed by atoms with van der Waals surface area (Å²) < 4.78 is 11.0. The Balaban J connectivity index is 1.41. The molecule has 0 aliphatic carbocycles. The summed E-state index contributed by atoms with van der Waals surface area (Å²) in [4.78, 5) is 27.1. The molecule has 1 aromatic carbocycles. The highest BCUT2D eigenvalue weighted by molar-refractivity contribution is 5.94. The molecule has 1 aliphatic rings. The summed E-state index contributed by atoms with van der Waals surface area (Å²) >= 11 is 0. The van der Waals surface area contributed by atoms with Crippen LogP contribution in [0.2, 0.25) is 0 Å². The summed E-state index contributed by atoms with van der Waals surface area (Å²) in [5, 5.41) is 2.76. The van der Waals surface area contributed by atoms with E-state index in [9.17, 15) is 9.59 Å². The monoisotopic (exact) mass is 336 g/mol. The summed E-state index contributed by atoms with van der Waals surface area (Å²) in [7, 11) is 0. The Labute approximate surface area is 143 Å². The number of aromatic nitrogens is 1. The minimum Gasteiger partial charge on any atom is -0.488 e. The molecule has 6 nitrogen and oxygen atoms in total. The highest BCUT2D eigenvalue weighted by Crippen LogP contribution is 2.27. The van der Waals surface area contributed by atoms with Gasteiger partial charge in [-0.1, -0.05) is 18.2 Å². The lowest BCUT2D eigenvalue weighted by atomic mass is 10.1. The molecule has 126 valence electrons. The van der Waals surface area contributed by atoms with Crippen LogP contribution in [0.5, 0.6) is 5.75 Å². The molecular weight excluding hydrogens is 320 g/mol. The first-order valence-corrected chi connectivity index (χ1v) is 8.00. The number of nitrogens with one attached hydrogen (secondary N) is 2. The molecule has 25 heavy (non-hydrogen) atoms. The molecule has 1 amide bonds. The van der Waals surface area contributed by atoms with Crippen LogP contribution in [-0.2, 0) is 6.42 Å². The summed E-state index contributed by atoms with van der Waals surface area (Å²) in [6.07, 6.45) is 2.14. The lowest BCUT2D eigenvalue weighted by Gasteiger charge is -2.11. The van der Waals surface area contributed by atoms with E-state index in [2.05, 4.69) is 10.3 Å². The summed E-state index contributed by atoms with van der Waals surface area (Å²) in [5.74, 6) is 0.968. The second-order valence-electron chi connectivity index (χ2n) is 5.85. The van der Waals surface area contributed by atoms with Crippen LogP contribution in [0.4, 0.5) is 0 Å². The Morgan fingerprint density at radius 2 is 2.04 bits per heavy atom. The zero-order valence-corrected chi connectivity index (χ0v) is 13.3. The molecule has 0 saturated carbocycles. The number of hydrogen-bond donors (Lipinski definition) is 2. The fourth-order valence-corrected chi connectivity index (χ4v) is 2.90. The van der Waals surface area contributed by atoms with Crippen LogP contribution in [0.25, 0.3) is 11.5 Å². The van der Waals surface area contributed by atoms with Crippen molar-refractivity contribution >= 4 is 5.91 Å². The van der Waals surface area contributed by atoms with Gasteiger partial charge >= 0.3 is 0 Å². The van der Waals surface area contributed by atoms with E-state index in [1.54, 1.807) is 18.2 Å². The number of amides is 1. The van der Waals surface area contributed by atoms with Crippen LogP contribution in [0.15, 0.2) is 64.0 Å². The Morgan fingerprint density at radius 1 is 1.16 bits per heavy atom. The van der Waals surface area contributed by atoms with Gasteiger partial charge in [0, 0.05) is 6.42 Å². The number of fused-ring (bicyclic) bond motifs is 1. The van der Waals surface area contributed by atoms with E-state index in [1.807, 2.05) is 24.3 Å². The van der Waals surface area contributed by atoms with Gasteiger partial charge in [0.1, 0.15) is 23.2 Å². The highest BCUT2D eigenvalue weighted by atomic mass is 16.5. The minimum atomic E-state index is -0.456. The number of rotatable bonds is 4. The minimum absolute atomic E-state index is 0.0609. The quantitative estimate of drug-likeness (QED) is 0.766. The first-order valence-electron chi connectivity index (χ1n) is 8.00. The average molecular weight is 336 g/mol. The Hall–Kier alpha value is -3.28. The molecule has 0 radical (unpaired) electrons. The number of benzene rings is 1. The second-order valence-corrected chi connectivity index (χ2v) is 5.85. The highest BCUT2D eigenvalue weighted by Gasteiger charge is 2.23. The van der Waals surface area contributed by atoms with E-state index >= 15 is 0 Å². The van der Waals surface area contributed by atoms with Crippen molar-refractivity contribution in [1.82, 2.24) is 10.3 Å². The van der Waals surface area contributed by atoms with Gasteiger partial charge in [0.25, 0.3) is 11.5 Å². The smallest absolute Gasteiger partial charge is 0.261 e. The summed E-state index contributed by atoms with van der Waals surface area (Å²) in [6.45, 7) is 0.340. The predicted molar refractivity (Wildman–Crippen MR) is 91.7 cm³/mol. The van der Waals surface area contributed by atoms with Gasteiger partial charge in [0.15, 0.2) is 0 Å². The van der Waals surface area contributed by atoms with Gasteiger partial charge in [-0.15, -0.1) is 0 Å². The van der Waals surface area contributed by atoms with Crippen molar-refractivity contribution in [3.63, 3.8) is 0 Å². The van der Waals surface area contributed by atoms with Gasteiger partial charge in [-0.05, 0) is 35.9 Å². The molecule has 2 aromatic heterocycles. The zero-order valence-electron chi connectivity index (χ0n) is 13.3. The van der Waals surface area contributed by atoms with Crippen molar-refractivity contribution in [1.29, 1.82) is 0 Å². The van der Waals surface area contributed by atoms with Gasteiger partial charge in [0.05, 0.1) is 18.5 Å². The lowest BCUT2D eigenvalue weighted by molar-refractivity contribution is 0.0932. The fraction of sp³-hybridized carbons (Fsp3) is 0.158. The van der Waals surface area contributed by atoms with Crippen LogP contribution in [0.1, 0.15) is 15.9 Å². The van der Waals surface area contributed by atoms with Gasteiger partial charge in [-0.3, -0.25) is 9.59 Å². The number of aromatic amines is 1. The van der Waals surface area contributed by atoms with Crippen molar-refractivity contribution in [3.8, 4) is 17.2 Å². The number of carbonyl (C=O) groups is 1. The molecule has 3 aromatic rings. The third-order valence-corrected chi connectivity index (χ3v) is 4.14. The molecular formula is C19H16N2O4. The number of para-hydroxylation sites is 1. The summed E-state index contributed by atoms with van der Waals surface area (Å²) in [5.41, 5.74) is 1.26. The second kappa shape index (κ2) is 6.32. The lowest BCUT2D eigenvalue weighted by Crippen LogP contribution is -2.36. The largest absolute Gasteiger partial charge is 0.488 e. The normalized spacial score (nSPS) is 15.4. The summed E-state index contributed by atoms with van der Waals surface area (Å²) in [6, 6.07) is 14.4. The molecule has 4 rings (SSSR count). The third-order valence-electron chi connectivity index (χ3n) is 4.14. The van der Waals surface area contributed by atoms with E-state index < -0.39 is 11.5 Å². The maximum atomic E-state index is 12.3. The number of H-pyrrole nitrogens is 1. The third kappa shape index (κ3) is 3.06. The Bertz CT molecular complexity index is 935. The van der Waals surface area contributed by atoms with Gasteiger partial charge < -0.3 is 19.5 Å². The van der Waals surface area contributed by atoms with Gasteiger partial charge in [-0.2, -0.15) is 0 Å². The molecule has 0 fully saturated rings. The molecule has 3 heterocycles. The van der Waals surface area contributed by atoms with Crippen molar-refractivity contribution in [2.45, 2.75) is 12.5 Å². The molecule has 1 aliphatic heterocycles.